The molecule has 6 heteroatoms. The van der Waals surface area contributed by atoms with Gasteiger partial charge in [0.05, 0.1) is 11.7 Å². The molecule has 0 spiro atoms. The van der Waals surface area contributed by atoms with E-state index < -0.39 is 11.7 Å². The molecule has 1 aromatic heterocycles. The zero-order valence-corrected chi connectivity index (χ0v) is 10.7. The van der Waals surface area contributed by atoms with Crippen molar-refractivity contribution in [1.82, 2.24) is 14.5 Å². The fourth-order valence-corrected chi connectivity index (χ4v) is 2.45. The number of aliphatic hydroxyl groups excluding tert-OH is 1. The van der Waals surface area contributed by atoms with E-state index in [1.165, 1.54) is 17.8 Å². The minimum Gasteiger partial charge on any atom is -0.388 e. The Balaban J connectivity index is 2.38. The largest absolute Gasteiger partial charge is 0.388 e. The molecule has 100 valence electrons. The third kappa shape index (κ3) is 2.26. The molecule has 2 heterocycles. The van der Waals surface area contributed by atoms with E-state index in [1.54, 1.807) is 7.05 Å². The third-order valence-electron chi connectivity index (χ3n) is 3.62. The number of piperidine rings is 1. The van der Waals surface area contributed by atoms with Gasteiger partial charge in [-0.1, -0.05) is 0 Å². The van der Waals surface area contributed by atoms with Gasteiger partial charge in [0.2, 0.25) is 0 Å². The lowest BCUT2D eigenvalue weighted by molar-refractivity contribution is 0.0865. The van der Waals surface area contributed by atoms with E-state index in [0.29, 0.717) is 5.56 Å². The van der Waals surface area contributed by atoms with E-state index in [-0.39, 0.29) is 11.6 Å². The summed E-state index contributed by atoms with van der Waals surface area (Å²) in [4.78, 5) is 23.6. The van der Waals surface area contributed by atoms with Crippen LogP contribution in [0.5, 0.6) is 0 Å². The smallest absolute Gasteiger partial charge is 0.330 e. The molecule has 1 saturated heterocycles. The van der Waals surface area contributed by atoms with Gasteiger partial charge in [-0.25, -0.2) is 4.79 Å². The van der Waals surface area contributed by atoms with Crippen LogP contribution in [0, 0.1) is 5.92 Å². The summed E-state index contributed by atoms with van der Waals surface area (Å²) in [6.07, 6.45) is 2.34. The Morgan fingerprint density at radius 3 is 2.56 bits per heavy atom. The highest BCUT2D eigenvalue weighted by molar-refractivity contribution is 5.10. The van der Waals surface area contributed by atoms with Gasteiger partial charge < -0.3 is 15.0 Å². The number of rotatable bonds is 2. The Bertz CT molecular complexity index is 540. The lowest BCUT2D eigenvalue weighted by Gasteiger charge is -2.27. The number of nitrogens with zero attached hydrogens (tertiary/aromatic N) is 2. The van der Waals surface area contributed by atoms with Crippen molar-refractivity contribution in [2.45, 2.75) is 18.9 Å². The number of aryl methyl sites for hydroxylation is 1. The van der Waals surface area contributed by atoms with Crippen LogP contribution in [0.25, 0.3) is 0 Å². The molecule has 0 bridgehead atoms. The molecule has 1 atom stereocenters. The van der Waals surface area contributed by atoms with E-state index >= 15 is 0 Å². The Hall–Kier alpha value is -1.40. The lowest BCUT2D eigenvalue weighted by atomic mass is 9.89. The summed E-state index contributed by atoms with van der Waals surface area (Å²) in [5.74, 6) is 0.0800. The Labute approximate surface area is 105 Å². The molecule has 0 saturated carbocycles. The first-order valence-electron chi connectivity index (χ1n) is 6.17. The molecule has 2 rings (SSSR count). The first-order chi connectivity index (χ1) is 8.52. The van der Waals surface area contributed by atoms with Crippen LogP contribution in [0.15, 0.2) is 15.8 Å². The van der Waals surface area contributed by atoms with E-state index in [2.05, 4.69) is 5.32 Å². The first-order valence-corrected chi connectivity index (χ1v) is 6.17. The molecule has 0 amide bonds. The van der Waals surface area contributed by atoms with E-state index in [9.17, 15) is 14.7 Å². The molecule has 0 radical (unpaired) electrons. The van der Waals surface area contributed by atoms with Crippen LogP contribution in [0.1, 0.15) is 24.5 Å². The van der Waals surface area contributed by atoms with Crippen LogP contribution < -0.4 is 16.6 Å². The molecule has 6 nitrogen and oxygen atoms in total. The minimum absolute atomic E-state index is 0.0800. The van der Waals surface area contributed by atoms with Crippen molar-refractivity contribution in [3.63, 3.8) is 0 Å². The molecular formula is C12H19N3O3. The maximum Gasteiger partial charge on any atom is 0.330 e. The molecule has 1 aliphatic rings. The number of nitrogens with one attached hydrogen (secondary N) is 1. The summed E-state index contributed by atoms with van der Waals surface area (Å²) in [5, 5.41) is 13.5. The second-order valence-electron chi connectivity index (χ2n) is 4.87. The van der Waals surface area contributed by atoms with Gasteiger partial charge in [0.1, 0.15) is 0 Å². The monoisotopic (exact) mass is 253 g/mol. The number of aromatic nitrogens is 2. The van der Waals surface area contributed by atoms with Gasteiger partial charge in [-0.2, -0.15) is 0 Å². The Morgan fingerprint density at radius 1 is 1.33 bits per heavy atom. The summed E-state index contributed by atoms with van der Waals surface area (Å²) >= 11 is 0. The van der Waals surface area contributed by atoms with Gasteiger partial charge in [-0.15, -0.1) is 0 Å². The summed E-state index contributed by atoms with van der Waals surface area (Å²) in [6, 6.07) is 0. The second-order valence-corrected chi connectivity index (χ2v) is 4.87. The van der Waals surface area contributed by atoms with Crippen molar-refractivity contribution >= 4 is 0 Å². The molecular weight excluding hydrogens is 234 g/mol. The average Bonchev–Trinajstić information content (AvgIpc) is 2.41. The molecule has 18 heavy (non-hydrogen) atoms. The predicted octanol–water partition coefficient (Wildman–Crippen LogP) is -0.883. The predicted molar refractivity (Wildman–Crippen MR) is 67.5 cm³/mol. The second kappa shape index (κ2) is 5.07. The van der Waals surface area contributed by atoms with Crippen molar-refractivity contribution in [1.29, 1.82) is 0 Å². The number of aliphatic hydroxyl groups is 1. The topological polar surface area (TPSA) is 76.3 Å². The average molecular weight is 253 g/mol. The highest BCUT2D eigenvalue weighted by Crippen LogP contribution is 2.26. The van der Waals surface area contributed by atoms with Crippen LogP contribution in [-0.4, -0.2) is 27.3 Å². The van der Waals surface area contributed by atoms with Crippen molar-refractivity contribution in [2.75, 3.05) is 13.1 Å². The summed E-state index contributed by atoms with van der Waals surface area (Å²) in [6.45, 7) is 1.71. The summed E-state index contributed by atoms with van der Waals surface area (Å²) < 4.78 is 2.38. The van der Waals surface area contributed by atoms with E-state index in [4.69, 9.17) is 0 Å². The highest BCUT2D eigenvalue weighted by Gasteiger charge is 2.26. The Kier molecular flexibility index (Phi) is 3.68. The van der Waals surface area contributed by atoms with Gasteiger partial charge in [-0.3, -0.25) is 9.36 Å². The maximum atomic E-state index is 12.0. The lowest BCUT2D eigenvalue weighted by Crippen LogP contribution is -2.41. The normalized spacial score (nSPS) is 18.8. The molecule has 2 N–H and O–H groups in total. The molecule has 1 aliphatic heterocycles. The fraction of sp³-hybridized carbons (Fsp3) is 0.667. The molecule has 1 unspecified atom stereocenters. The van der Waals surface area contributed by atoms with Crippen LogP contribution in [0.4, 0.5) is 0 Å². The SMILES string of the molecule is Cn1cc(C(O)C2CCNCC2)c(=O)n(C)c1=O. The number of hydrogen-bond donors (Lipinski definition) is 2. The third-order valence-corrected chi connectivity index (χ3v) is 3.62. The van der Waals surface area contributed by atoms with Crippen molar-refractivity contribution < 1.29 is 5.11 Å². The summed E-state index contributed by atoms with van der Waals surface area (Å²) in [7, 11) is 3.02. The minimum atomic E-state index is -0.794. The van der Waals surface area contributed by atoms with Crippen LogP contribution >= 0.6 is 0 Å². The van der Waals surface area contributed by atoms with Crippen molar-refractivity contribution in [3.8, 4) is 0 Å². The first kappa shape index (κ1) is 13.0. The summed E-state index contributed by atoms with van der Waals surface area (Å²) in [5.41, 5.74) is -0.461. The number of hydrogen-bond acceptors (Lipinski definition) is 4. The molecule has 1 fully saturated rings. The molecule has 1 aromatic rings. The van der Waals surface area contributed by atoms with Crippen LogP contribution in [0.2, 0.25) is 0 Å². The van der Waals surface area contributed by atoms with Crippen LogP contribution in [-0.2, 0) is 14.1 Å². The quantitative estimate of drug-likeness (QED) is 0.717. The zero-order valence-electron chi connectivity index (χ0n) is 10.7. The van der Waals surface area contributed by atoms with Gasteiger partial charge in [0, 0.05) is 20.3 Å². The molecule has 0 aromatic carbocycles. The van der Waals surface area contributed by atoms with Crippen molar-refractivity contribution in [2.24, 2.45) is 20.0 Å². The zero-order chi connectivity index (χ0) is 13.3. The Morgan fingerprint density at radius 2 is 1.94 bits per heavy atom. The highest BCUT2D eigenvalue weighted by atomic mass is 16.3. The van der Waals surface area contributed by atoms with Gasteiger partial charge >= 0.3 is 5.69 Å². The fourth-order valence-electron chi connectivity index (χ4n) is 2.45. The molecule has 0 aliphatic carbocycles. The van der Waals surface area contributed by atoms with Gasteiger partial charge in [0.25, 0.3) is 5.56 Å². The van der Waals surface area contributed by atoms with E-state index in [1.807, 2.05) is 0 Å². The van der Waals surface area contributed by atoms with E-state index in [0.717, 1.165) is 30.5 Å². The maximum absolute atomic E-state index is 12.0. The van der Waals surface area contributed by atoms with Crippen molar-refractivity contribution in [3.05, 3.63) is 32.6 Å². The van der Waals surface area contributed by atoms with Gasteiger partial charge in [0.15, 0.2) is 0 Å². The van der Waals surface area contributed by atoms with Crippen LogP contribution in [0.3, 0.4) is 0 Å². The standard InChI is InChI=1S/C12H19N3O3/c1-14-7-9(11(17)15(2)12(14)18)10(16)8-3-5-13-6-4-8/h7-8,10,13,16H,3-6H2,1-2H3. The van der Waals surface area contributed by atoms with Gasteiger partial charge in [-0.05, 0) is 31.8 Å².